The molecule has 0 unspecified atom stereocenters. The summed E-state index contributed by atoms with van der Waals surface area (Å²) in [7, 11) is 0. The van der Waals surface area contributed by atoms with E-state index in [2.05, 4.69) is 4.98 Å². The number of hydrogen-bond acceptors (Lipinski definition) is 4. The summed E-state index contributed by atoms with van der Waals surface area (Å²) in [6, 6.07) is 5.26. The van der Waals surface area contributed by atoms with Crippen molar-refractivity contribution in [1.29, 1.82) is 0 Å². The third kappa shape index (κ3) is 2.30. The highest BCUT2D eigenvalue weighted by molar-refractivity contribution is 5.93. The fraction of sp³-hybridized carbons (Fsp3) is 0.455. The van der Waals surface area contributed by atoms with Crippen LogP contribution in [0.2, 0.25) is 0 Å². The van der Waals surface area contributed by atoms with Crippen LogP contribution in [0.15, 0.2) is 18.2 Å². The molecule has 1 aliphatic rings. The van der Waals surface area contributed by atoms with Crippen molar-refractivity contribution >= 4 is 11.7 Å². The molecule has 1 fully saturated rings. The van der Waals surface area contributed by atoms with Crippen LogP contribution in [0.3, 0.4) is 0 Å². The third-order valence-electron chi connectivity index (χ3n) is 2.58. The Labute approximate surface area is 93.9 Å². The number of rotatable bonds is 4. The summed E-state index contributed by atoms with van der Waals surface area (Å²) in [6.07, 6.45) is 2.02. The molecule has 1 saturated carbocycles. The highest BCUT2D eigenvalue weighted by atomic mass is 16.3. The summed E-state index contributed by atoms with van der Waals surface area (Å²) in [6.45, 7) is 0.338. The topological polar surface area (TPSA) is 79.5 Å². The molecule has 0 bridgehead atoms. The summed E-state index contributed by atoms with van der Waals surface area (Å²) in [5.74, 6) is 0.189. The van der Waals surface area contributed by atoms with Gasteiger partial charge in [0.1, 0.15) is 11.5 Å². The number of carbonyl (C=O) groups is 1. The average Bonchev–Trinajstić information content (AvgIpc) is 3.09. The Bertz CT molecular complexity index is 391. The Morgan fingerprint density at radius 2 is 2.31 bits per heavy atom. The number of amides is 1. The van der Waals surface area contributed by atoms with Crippen molar-refractivity contribution in [3.63, 3.8) is 0 Å². The summed E-state index contributed by atoms with van der Waals surface area (Å²) < 4.78 is 0. The molecule has 1 amide bonds. The van der Waals surface area contributed by atoms with Crippen LogP contribution < -0.4 is 5.73 Å². The quantitative estimate of drug-likeness (QED) is 0.764. The van der Waals surface area contributed by atoms with Gasteiger partial charge in [0, 0.05) is 12.6 Å². The Hall–Kier alpha value is -1.62. The Balaban J connectivity index is 2.15. The number of pyridine rings is 1. The van der Waals surface area contributed by atoms with Gasteiger partial charge in [0.25, 0.3) is 5.91 Å². The van der Waals surface area contributed by atoms with Gasteiger partial charge < -0.3 is 15.7 Å². The lowest BCUT2D eigenvalue weighted by atomic mass is 10.3. The molecule has 86 valence electrons. The number of nitrogens with zero attached hydrogens (tertiary/aromatic N) is 2. The van der Waals surface area contributed by atoms with Crippen molar-refractivity contribution in [3.8, 4) is 0 Å². The van der Waals surface area contributed by atoms with Gasteiger partial charge in [-0.25, -0.2) is 4.98 Å². The summed E-state index contributed by atoms with van der Waals surface area (Å²) in [4.78, 5) is 17.7. The van der Waals surface area contributed by atoms with E-state index in [0.717, 1.165) is 12.8 Å². The minimum absolute atomic E-state index is 0.0233. The molecule has 3 N–H and O–H groups in total. The average molecular weight is 221 g/mol. The van der Waals surface area contributed by atoms with Crippen LogP contribution in [0.5, 0.6) is 0 Å². The van der Waals surface area contributed by atoms with E-state index >= 15 is 0 Å². The number of nitrogens with two attached hydrogens (primary N) is 1. The molecule has 1 heterocycles. The standard InChI is InChI=1S/C11H15N3O2/c12-10-3-1-2-9(13-10)11(16)14(6-7-15)8-4-5-8/h1-3,8,15H,4-7H2,(H2,12,13). The maximum atomic E-state index is 12.1. The molecule has 1 aliphatic carbocycles. The Morgan fingerprint density at radius 1 is 1.56 bits per heavy atom. The van der Waals surface area contributed by atoms with Crippen molar-refractivity contribution in [3.05, 3.63) is 23.9 Å². The second-order valence-corrected chi connectivity index (χ2v) is 3.90. The molecular formula is C11H15N3O2. The van der Waals surface area contributed by atoms with Crippen LogP contribution >= 0.6 is 0 Å². The fourth-order valence-electron chi connectivity index (χ4n) is 1.66. The molecule has 0 aromatic carbocycles. The third-order valence-corrected chi connectivity index (χ3v) is 2.58. The molecular weight excluding hydrogens is 206 g/mol. The van der Waals surface area contributed by atoms with Crippen molar-refractivity contribution in [2.45, 2.75) is 18.9 Å². The van der Waals surface area contributed by atoms with Crippen LogP contribution in [-0.2, 0) is 0 Å². The largest absolute Gasteiger partial charge is 0.395 e. The summed E-state index contributed by atoms with van der Waals surface area (Å²) >= 11 is 0. The molecule has 0 atom stereocenters. The lowest BCUT2D eigenvalue weighted by Gasteiger charge is -2.20. The van der Waals surface area contributed by atoms with Crippen LogP contribution in [0, 0.1) is 0 Å². The zero-order chi connectivity index (χ0) is 11.5. The van der Waals surface area contributed by atoms with Crippen LogP contribution in [0.4, 0.5) is 5.82 Å². The van der Waals surface area contributed by atoms with Crippen molar-refractivity contribution in [1.82, 2.24) is 9.88 Å². The van der Waals surface area contributed by atoms with Crippen LogP contribution in [0.1, 0.15) is 23.3 Å². The first kappa shape index (κ1) is 10.9. The van der Waals surface area contributed by atoms with E-state index in [9.17, 15) is 4.79 Å². The lowest BCUT2D eigenvalue weighted by Crippen LogP contribution is -2.36. The molecule has 16 heavy (non-hydrogen) atoms. The zero-order valence-corrected chi connectivity index (χ0v) is 8.97. The zero-order valence-electron chi connectivity index (χ0n) is 8.97. The normalized spacial score (nSPS) is 14.8. The SMILES string of the molecule is Nc1cccc(C(=O)N(CCO)C2CC2)n1. The van der Waals surface area contributed by atoms with Crippen LogP contribution in [-0.4, -0.2) is 40.1 Å². The first-order chi connectivity index (χ1) is 7.72. The second kappa shape index (κ2) is 4.49. The van der Waals surface area contributed by atoms with Crippen molar-refractivity contribution in [2.24, 2.45) is 0 Å². The molecule has 0 radical (unpaired) electrons. The minimum atomic E-state index is -0.149. The monoisotopic (exact) mass is 221 g/mol. The predicted octanol–water partition coefficient (Wildman–Crippen LogP) is 0.261. The van der Waals surface area contributed by atoms with Crippen molar-refractivity contribution in [2.75, 3.05) is 18.9 Å². The highest BCUT2D eigenvalue weighted by Gasteiger charge is 2.33. The number of aliphatic hydroxyl groups excluding tert-OH is 1. The predicted molar refractivity (Wildman–Crippen MR) is 59.8 cm³/mol. The highest BCUT2D eigenvalue weighted by Crippen LogP contribution is 2.27. The second-order valence-electron chi connectivity index (χ2n) is 3.90. The number of nitrogen functional groups attached to an aromatic ring is 1. The smallest absolute Gasteiger partial charge is 0.272 e. The van der Waals surface area contributed by atoms with E-state index in [1.807, 2.05) is 0 Å². The first-order valence-electron chi connectivity index (χ1n) is 5.36. The van der Waals surface area contributed by atoms with Gasteiger partial charge in [0.2, 0.25) is 0 Å². The maximum absolute atomic E-state index is 12.1. The molecule has 1 aromatic rings. The van der Waals surface area contributed by atoms with Gasteiger partial charge in [-0.1, -0.05) is 6.07 Å². The first-order valence-corrected chi connectivity index (χ1v) is 5.36. The van der Waals surface area contributed by atoms with E-state index in [-0.39, 0.29) is 18.6 Å². The molecule has 2 rings (SSSR count). The number of anilines is 1. The molecule has 0 saturated heterocycles. The number of carbonyl (C=O) groups excluding carboxylic acids is 1. The number of hydrogen-bond donors (Lipinski definition) is 2. The van der Waals surface area contributed by atoms with Gasteiger partial charge in [-0.15, -0.1) is 0 Å². The van der Waals surface area contributed by atoms with Gasteiger partial charge in [-0.3, -0.25) is 4.79 Å². The summed E-state index contributed by atoms with van der Waals surface area (Å²) in [5.41, 5.74) is 5.88. The molecule has 0 aliphatic heterocycles. The van der Waals surface area contributed by atoms with E-state index in [0.29, 0.717) is 18.1 Å². The van der Waals surface area contributed by atoms with Gasteiger partial charge in [-0.05, 0) is 25.0 Å². The molecule has 1 aromatic heterocycles. The van der Waals surface area contributed by atoms with E-state index < -0.39 is 0 Å². The number of aliphatic hydroxyl groups is 1. The lowest BCUT2D eigenvalue weighted by molar-refractivity contribution is 0.0702. The Kier molecular flexibility index (Phi) is 3.05. The number of aromatic nitrogens is 1. The summed E-state index contributed by atoms with van der Waals surface area (Å²) in [5, 5.41) is 8.92. The van der Waals surface area contributed by atoms with E-state index in [1.54, 1.807) is 23.1 Å². The van der Waals surface area contributed by atoms with Crippen LogP contribution in [0.25, 0.3) is 0 Å². The molecule has 0 spiro atoms. The molecule has 5 nitrogen and oxygen atoms in total. The van der Waals surface area contributed by atoms with Gasteiger partial charge in [0.05, 0.1) is 6.61 Å². The van der Waals surface area contributed by atoms with Gasteiger partial charge in [0.15, 0.2) is 0 Å². The van der Waals surface area contributed by atoms with Gasteiger partial charge >= 0.3 is 0 Å². The molecule has 5 heteroatoms. The maximum Gasteiger partial charge on any atom is 0.272 e. The van der Waals surface area contributed by atoms with Gasteiger partial charge in [-0.2, -0.15) is 0 Å². The Morgan fingerprint density at radius 3 is 2.88 bits per heavy atom. The van der Waals surface area contributed by atoms with Crippen molar-refractivity contribution < 1.29 is 9.90 Å². The van der Waals surface area contributed by atoms with E-state index in [4.69, 9.17) is 10.8 Å². The minimum Gasteiger partial charge on any atom is -0.395 e. The fourth-order valence-corrected chi connectivity index (χ4v) is 1.66. The van der Waals surface area contributed by atoms with E-state index in [1.165, 1.54) is 0 Å².